The van der Waals surface area contributed by atoms with Crippen LogP contribution in [0.5, 0.6) is 0 Å². The Hall–Kier alpha value is -2.10. The van der Waals surface area contributed by atoms with Crippen LogP contribution in [0.4, 0.5) is 0 Å². The molecule has 4 nitrogen and oxygen atoms in total. The topological polar surface area (TPSA) is 52.3 Å². The molecular formula is C15H17NO3. The summed E-state index contributed by atoms with van der Waals surface area (Å²) in [5.74, 6) is -0.361. The molecule has 0 aliphatic rings. The van der Waals surface area contributed by atoms with Gasteiger partial charge in [0.15, 0.2) is 0 Å². The molecule has 0 saturated carbocycles. The molecule has 0 aromatic carbocycles. The third kappa shape index (κ3) is 3.95. The van der Waals surface area contributed by atoms with Crippen molar-refractivity contribution in [2.45, 2.75) is 19.8 Å². The van der Waals surface area contributed by atoms with Crippen molar-refractivity contribution < 1.29 is 13.9 Å². The van der Waals surface area contributed by atoms with Gasteiger partial charge in [-0.25, -0.2) is 0 Å². The van der Waals surface area contributed by atoms with Gasteiger partial charge in [-0.15, -0.1) is 0 Å². The lowest BCUT2D eigenvalue weighted by atomic mass is 9.94. The van der Waals surface area contributed by atoms with Crippen LogP contribution in [0.3, 0.4) is 0 Å². The van der Waals surface area contributed by atoms with Crippen LogP contribution in [-0.2, 0) is 22.4 Å². The van der Waals surface area contributed by atoms with Crippen LogP contribution in [0.2, 0.25) is 0 Å². The fraction of sp³-hybridized carbons (Fsp3) is 0.333. The first-order valence-electron chi connectivity index (χ1n) is 6.36. The van der Waals surface area contributed by atoms with Crippen molar-refractivity contribution in [2.75, 3.05) is 6.61 Å². The Kier molecular flexibility index (Phi) is 4.72. The molecule has 0 N–H and O–H groups in total. The van der Waals surface area contributed by atoms with E-state index in [0.29, 0.717) is 19.4 Å². The number of aromatic nitrogens is 1. The Labute approximate surface area is 112 Å². The molecule has 4 heteroatoms. The average Bonchev–Trinajstić information content (AvgIpc) is 2.92. The lowest BCUT2D eigenvalue weighted by Crippen LogP contribution is -2.22. The molecular weight excluding hydrogens is 242 g/mol. The summed E-state index contributed by atoms with van der Waals surface area (Å²) in [4.78, 5) is 16.0. The quantitative estimate of drug-likeness (QED) is 0.748. The molecule has 100 valence electrons. The SMILES string of the molecule is CCOC(=O)C(Cc1ccncc1)Cc1ccoc1. The van der Waals surface area contributed by atoms with Crippen molar-refractivity contribution in [2.24, 2.45) is 5.92 Å². The van der Waals surface area contributed by atoms with Gasteiger partial charge in [0.1, 0.15) is 0 Å². The highest BCUT2D eigenvalue weighted by molar-refractivity contribution is 5.73. The first kappa shape index (κ1) is 13.3. The van der Waals surface area contributed by atoms with Crippen molar-refractivity contribution in [3.8, 4) is 0 Å². The summed E-state index contributed by atoms with van der Waals surface area (Å²) in [5.41, 5.74) is 2.09. The minimum Gasteiger partial charge on any atom is -0.472 e. The molecule has 0 bridgehead atoms. The second-order valence-electron chi connectivity index (χ2n) is 4.34. The summed E-state index contributed by atoms with van der Waals surface area (Å²) in [5, 5.41) is 0. The Morgan fingerprint density at radius 1 is 1.26 bits per heavy atom. The van der Waals surface area contributed by atoms with Crippen molar-refractivity contribution in [3.05, 3.63) is 54.2 Å². The van der Waals surface area contributed by atoms with Crippen molar-refractivity contribution in [3.63, 3.8) is 0 Å². The highest BCUT2D eigenvalue weighted by atomic mass is 16.5. The van der Waals surface area contributed by atoms with Crippen LogP contribution in [0.15, 0.2) is 47.5 Å². The summed E-state index contributed by atoms with van der Waals surface area (Å²) in [7, 11) is 0. The van der Waals surface area contributed by atoms with E-state index in [0.717, 1.165) is 11.1 Å². The van der Waals surface area contributed by atoms with Crippen molar-refractivity contribution >= 4 is 5.97 Å². The molecule has 0 saturated heterocycles. The number of rotatable bonds is 6. The van der Waals surface area contributed by atoms with E-state index in [-0.39, 0.29) is 11.9 Å². The number of nitrogens with zero attached hydrogens (tertiary/aromatic N) is 1. The minimum absolute atomic E-state index is 0.166. The molecule has 0 aliphatic heterocycles. The molecule has 0 spiro atoms. The number of carbonyl (C=O) groups excluding carboxylic acids is 1. The number of ether oxygens (including phenoxy) is 1. The monoisotopic (exact) mass is 259 g/mol. The van der Waals surface area contributed by atoms with Gasteiger partial charge in [0.05, 0.1) is 25.1 Å². The largest absolute Gasteiger partial charge is 0.472 e. The fourth-order valence-electron chi connectivity index (χ4n) is 2.00. The third-order valence-corrected chi connectivity index (χ3v) is 2.91. The Morgan fingerprint density at radius 2 is 2.00 bits per heavy atom. The predicted octanol–water partition coefficient (Wildman–Crippen LogP) is 2.64. The summed E-state index contributed by atoms with van der Waals surface area (Å²) in [6.07, 6.45) is 8.01. The maximum atomic E-state index is 12.0. The number of esters is 1. The summed E-state index contributed by atoms with van der Waals surface area (Å²) in [6, 6.07) is 5.71. The first-order valence-corrected chi connectivity index (χ1v) is 6.36. The maximum absolute atomic E-state index is 12.0. The van der Waals surface area contributed by atoms with Gasteiger partial charge in [0.2, 0.25) is 0 Å². The maximum Gasteiger partial charge on any atom is 0.309 e. The smallest absolute Gasteiger partial charge is 0.309 e. The molecule has 2 rings (SSSR count). The van der Waals surface area contributed by atoms with Gasteiger partial charge in [-0.2, -0.15) is 0 Å². The standard InChI is InChI=1S/C15H17NO3/c1-2-19-15(17)14(10-13-5-8-18-11-13)9-12-3-6-16-7-4-12/h3-8,11,14H,2,9-10H2,1H3. The number of furan rings is 1. The van der Waals surface area contributed by atoms with E-state index in [4.69, 9.17) is 9.15 Å². The zero-order valence-electron chi connectivity index (χ0n) is 10.9. The van der Waals surface area contributed by atoms with E-state index < -0.39 is 0 Å². The Bertz CT molecular complexity index is 493. The Morgan fingerprint density at radius 3 is 2.63 bits per heavy atom. The molecule has 0 fully saturated rings. The molecule has 2 aromatic heterocycles. The third-order valence-electron chi connectivity index (χ3n) is 2.91. The molecule has 0 aliphatic carbocycles. The predicted molar refractivity (Wildman–Crippen MR) is 70.5 cm³/mol. The Balaban J connectivity index is 2.07. The second kappa shape index (κ2) is 6.73. The molecule has 2 aromatic rings. The van der Waals surface area contributed by atoms with Crippen LogP contribution in [0.25, 0.3) is 0 Å². The molecule has 2 heterocycles. The van der Waals surface area contributed by atoms with E-state index >= 15 is 0 Å². The number of carbonyl (C=O) groups is 1. The van der Waals surface area contributed by atoms with E-state index in [1.54, 1.807) is 24.9 Å². The average molecular weight is 259 g/mol. The number of hydrogen-bond donors (Lipinski definition) is 0. The van der Waals surface area contributed by atoms with Crippen LogP contribution in [-0.4, -0.2) is 17.6 Å². The van der Waals surface area contributed by atoms with Gasteiger partial charge in [-0.3, -0.25) is 9.78 Å². The zero-order chi connectivity index (χ0) is 13.5. The highest BCUT2D eigenvalue weighted by Crippen LogP contribution is 2.16. The van der Waals surface area contributed by atoms with Gasteiger partial charge in [0, 0.05) is 12.4 Å². The van der Waals surface area contributed by atoms with Gasteiger partial charge < -0.3 is 9.15 Å². The van der Waals surface area contributed by atoms with Crippen LogP contribution in [0, 0.1) is 5.92 Å². The normalized spacial score (nSPS) is 12.1. The van der Waals surface area contributed by atoms with E-state index in [1.807, 2.05) is 25.1 Å². The fourth-order valence-corrected chi connectivity index (χ4v) is 2.00. The van der Waals surface area contributed by atoms with Crippen LogP contribution < -0.4 is 0 Å². The van der Waals surface area contributed by atoms with Crippen LogP contribution >= 0.6 is 0 Å². The van der Waals surface area contributed by atoms with E-state index in [9.17, 15) is 4.79 Å². The number of hydrogen-bond acceptors (Lipinski definition) is 4. The van der Waals surface area contributed by atoms with Gasteiger partial charge in [0.25, 0.3) is 0 Å². The van der Waals surface area contributed by atoms with Crippen LogP contribution in [0.1, 0.15) is 18.1 Å². The number of pyridine rings is 1. The lowest BCUT2D eigenvalue weighted by Gasteiger charge is -2.14. The van der Waals surface area contributed by atoms with E-state index in [1.165, 1.54) is 0 Å². The van der Waals surface area contributed by atoms with Crippen molar-refractivity contribution in [1.82, 2.24) is 4.98 Å². The van der Waals surface area contributed by atoms with E-state index in [2.05, 4.69) is 4.98 Å². The van der Waals surface area contributed by atoms with Gasteiger partial charge >= 0.3 is 5.97 Å². The zero-order valence-corrected chi connectivity index (χ0v) is 10.9. The lowest BCUT2D eigenvalue weighted by molar-refractivity contribution is -0.147. The molecule has 1 atom stereocenters. The summed E-state index contributed by atoms with van der Waals surface area (Å²) >= 11 is 0. The first-order chi connectivity index (χ1) is 9.29. The molecule has 0 radical (unpaired) electrons. The summed E-state index contributed by atoms with van der Waals surface area (Å²) < 4.78 is 10.2. The highest BCUT2D eigenvalue weighted by Gasteiger charge is 2.21. The molecule has 0 amide bonds. The molecule has 19 heavy (non-hydrogen) atoms. The second-order valence-corrected chi connectivity index (χ2v) is 4.34. The minimum atomic E-state index is -0.194. The van der Waals surface area contributed by atoms with Crippen molar-refractivity contribution in [1.29, 1.82) is 0 Å². The summed E-state index contributed by atoms with van der Waals surface area (Å²) in [6.45, 7) is 2.22. The molecule has 1 unspecified atom stereocenters. The van der Waals surface area contributed by atoms with Gasteiger partial charge in [-0.05, 0) is 49.1 Å². The van der Waals surface area contributed by atoms with Gasteiger partial charge in [-0.1, -0.05) is 0 Å².